The van der Waals surface area contributed by atoms with E-state index >= 15 is 0 Å². The van der Waals surface area contributed by atoms with Gasteiger partial charge in [-0.3, -0.25) is 14.9 Å². The molecule has 2 aromatic heterocycles. The summed E-state index contributed by atoms with van der Waals surface area (Å²) in [5.41, 5.74) is 1.01. The summed E-state index contributed by atoms with van der Waals surface area (Å²) in [5, 5.41) is 16.5. The van der Waals surface area contributed by atoms with Crippen LogP contribution in [0, 0.1) is 11.3 Å². The highest BCUT2D eigenvalue weighted by Gasteiger charge is 2.13. The molecule has 2 heterocycles. The summed E-state index contributed by atoms with van der Waals surface area (Å²) < 4.78 is 16.7. The van der Waals surface area contributed by atoms with Gasteiger partial charge in [-0.15, -0.1) is 11.3 Å². The van der Waals surface area contributed by atoms with Crippen LogP contribution in [0.15, 0.2) is 40.1 Å². The lowest BCUT2D eigenvalue weighted by molar-refractivity contribution is -0.119. The van der Waals surface area contributed by atoms with Crippen molar-refractivity contribution in [3.8, 4) is 29.0 Å². The molecule has 2 amide bonds. The summed E-state index contributed by atoms with van der Waals surface area (Å²) in [6, 6.07) is 10.3. The van der Waals surface area contributed by atoms with E-state index in [-0.39, 0.29) is 12.5 Å². The molecule has 0 aliphatic heterocycles. The van der Waals surface area contributed by atoms with Gasteiger partial charge in [-0.25, -0.2) is 4.98 Å². The molecule has 0 atom stereocenters. The monoisotopic (exact) mass is 440 g/mol. The van der Waals surface area contributed by atoms with Gasteiger partial charge in [-0.1, -0.05) is 0 Å². The average Bonchev–Trinajstić information content (AvgIpc) is 3.41. The summed E-state index contributed by atoms with van der Waals surface area (Å²) in [6.07, 6.45) is 0. The molecule has 2 N–H and O–H groups in total. The van der Waals surface area contributed by atoms with Gasteiger partial charge >= 0.3 is 0 Å². The first kappa shape index (κ1) is 21.9. The standard InChI is InChI=1S/C21H20N4O5S/c1-3-28-19-8-14(9-22)4-6-18(19)29-11-20(27)25-21-24-16(12-31-21)17-7-5-15(30-17)10-23-13(2)26/h4-8,12H,3,10-11H2,1-2H3,(H,23,26)(H,24,25,27). The van der Waals surface area contributed by atoms with Crippen LogP contribution in [-0.2, 0) is 16.1 Å². The SMILES string of the molecule is CCOc1cc(C#N)ccc1OCC(=O)Nc1nc(-c2ccc(CNC(C)=O)o2)cs1. The zero-order valence-corrected chi connectivity index (χ0v) is 17.7. The van der Waals surface area contributed by atoms with E-state index in [0.29, 0.717) is 52.6 Å². The number of hydrogen-bond donors (Lipinski definition) is 2. The third kappa shape index (κ3) is 6.07. The van der Waals surface area contributed by atoms with Gasteiger partial charge in [0.1, 0.15) is 11.5 Å². The van der Waals surface area contributed by atoms with Gasteiger partial charge < -0.3 is 19.2 Å². The molecule has 3 rings (SSSR count). The third-order valence-electron chi connectivity index (χ3n) is 3.91. The molecule has 0 spiro atoms. The van der Waals surface area contributed by atoms with Crippen LogP contribution in [0.3, 0.4) is 0 Å². The Balaban J connectivity index is 1.57. The van der Waals surface area contributed by atoms with E-state index < -0.39 is 5.91 Å². The minimum atomic E-state index is -0.390. The Labute approximate surface area is 182 Å². The van der Waals surface area contributed by atoms with E-state index in [0.717, 1.165) is 0 Å². The minimum Gasteiger partial charge on any atom is -0.490 e. The summed E-state index contributed by atoms with van der Waals surface area (Å²) in [5.74, 6) is 1.38. The molecule has 0 aliphatic rings. The maximum atomic E-state index is 12.3. The quantitative estimate of drug-likeness (QED) is 0.522. The predicted molar refractivity (Wildman–Crippen MR) is 114 cm³/mol. The van der Waals surface area contributed by atoms with Crippen molar-refractivity contribution in [3.05, 3.63) is 47.0 Å². The molecule has 0 unspecified atom stereocenters. The lowest BCUT2D eigenvalue weighted by Gasteiger charge is -2.11. The van der Waals surface area contributed by atoms with Crippen LogP contribution in [0.2, 0.25) is 0 Å². The Bertz CT molecular complexity index is 1120. The van der Waals surface area contributed by atoms with Crippen molar-refractivity contribution in [2.24, 2.45) is 0 Å². The number of aromatic nitrogens is 1. The molecule has 0 aliphatic carbocycles. The Morgan fingerprint density at radius 1 is 1.23 bits per heavy atom. The summed E-state index contributed by atoms with van der Waals surface area (Å²) in [4.78, 5) is 27.6. The Kier molecular flexibility index (Phi) is 7.24. The number of nitrogens with zero attached hydrogens (tertiary/aromatic N) is 2. The number of furan rings is 1. The lowest BCUT2D eigenvalue weighted by atomic mass is 10.2. The maximum absolute atomic E-state index is 12.3. The molecular weight excluding hydrogens is 420 g/mol. The number of hydrogen-bond acceptors (Lipinski definition) is 8. The fourth-order valence-electron chi connectivity index (χ4n) is 2.53. The smallest absolute Gasteiger partial charge is 0.264 e. The molecule has 0 bridgehead atoms. The summed E-state index contributed by atoms with van der Waals surface area (Å²) >= 11 is 1.25. The summed E-state index contributed by atoms with van der Waals surface area (Å²) in [7, 11) is 0. The molecule has 0 saturated carbocycles. The largest absolute Gasteiger partial charge is 0.490 e. The zero-order chi connectivity index (χ0) is 22.2. The molecular formula is C21H20N4O5S. The van der Waals surface area contributed by atoms with Gasteiger partial charge in [0.15, 0.2) is 29.0 Å². The highest BCUT2D eigenvalue weighted by molar-refractivity contribution is 7.14. The van der Waals surface area contributed by atoms with Crippen molar-refractivity contribution in [2.75, 3.05) is 18.5 Å². The Morgan fingerprint density at radius 3 is 2.81 bits per heavy atom. The van der Waals surface area contributed by atoms with Gasteiger partial charge in [0.05, 0.1) is 24.8 Å². The first-order valence-corrected chi connectivity index (χ1v) is 10.2. The molecule has 3 aromatic rings. The molecule has 1 aromatic carbocycles. The van der Waals surface area contributed by atoms with Crippen LogP contribution >= 0.6 is 11.3 Å². The van der Waals surface area contributed by atoms with E-state index in [2.05, 4.69) is 15.6 Å². The van der Waals surface area contributed by atoms with E-state index in [1.165, 1.54) is 18.3 Å². The maximum Gasteiger partial charge on any atom is 0.264 e. The molecule has 0 fully saturated rings. The second-order valence-electron chi connectivity index (χ2n) is 6.26. The fourth-order valence-corrected chi connectivity index (χ4v) is 3.25. The Hall–Kier alpha value is -3.84. The van der Waals surface area contributed by atoms with Crippen molar-refractivity contribution >= 4 is 28.3 Å². The molecule has 0 saturated heterocycles. The molecule has 0 radical (unpaired) electrons. The van der Waals surface area contributed by atoms with Crippen LogP contribution < -0.4 is 20.1 Å². The first-order valence-electron chi connectivity index (χ1n) is 9.37. The van der Waals surface area contributed by atoms with Crippen LogP contribution in [-0.4, -0.2) is 30.0 Å². The van der Waals surface area contributed by atoms with Crippen LogP contribution in [0.1, 0.15) is 25.2 Å². The van der Waals surface area contributed by atoms with Gasteiger partial charge in [-0.2, -0.15) is 5.26 Å². The van der Waals surface area contributed by atoms with Gasteiger partial charge in [0, 0.05) is 18.4 Å². The topological polar surface area (TPSA) is 126 Å². The minimum absolute atomic E-state index is 0.145. The number of carbonyl (C=O) groups is 2. The van der Waals surface area contributed by atoms with E-state index in [4.69, 9.17) is 19.2 Å². The number of nitriles is 1. The predicted octanol–water partition coefficient (Wildman–Crippen LogP) is 3.33. The van der Waals surface area contributed by atoms with Crippen molar-refractivity contribution in [1.82, 2.24) is 10.3 Å². The number of carbonyl (C=O) groups excluding carboxylic acids is 2. The van der Waals surface area contributed by atoms with Crippen LogP contribution in [0.25, 0.3) is 11.5 Å². The highest BCUT2D eigenvalue weighted by Crippen LogP contribution is 2.29. The number of benzene rings is 1. The molecule has 9 nitrogen and oxygen atoms in total. The number of rotatable bonds is 9. The average molecular weight is 440 g/mol. The zero-order valence-electron chi connectivity index (χ0n) is 16.9. The molecule has 31 heavy (non-hydrogen) atoms. The highest BCUT2D eigenvalue weighted by atomic mass is 32.1. The Morgan fingerprint density at radius 2 is 2.06 bits per heavy atom. The number of anilines is 1. The van der Waals surface area contributed by atoms with Crippen LogP contribution in [0.5, 0.6) is 11.5 Å². The van der Waals surface area contributed by atoms with E-state index in [9.17, 15) is 9.59 Å². The van der Waals surface area contributed by atoms with Crippen molar-refractivity contribution in [1.29, 1.82) is 5.26 Å². The number of ether oxygens (including phenoxy) is 2. The van der Waals surface area contributed by atoms with E-state index in [1.54, 1.807) is 35.7 Å². The van der Waals surface area contributed by atoms with Crippen molar-refractivity contribution in [2.45, 2.75) is 20.4 Å². The number of amides is 2. The first-order chi connectivity index (χ1) is 15.0. The lowest BCUT2D eigenvalue weighted by Crippen LogP contribution is -2.20. The van der Waals surface area contributed by atoms with Crippen LogP contribution in [0.4, 0.5) is 5.13 Å². The van der Waals surface area contributed by atoms with Gasteiger partial charge in [0.25, 0.3) is 5.91 Å². The molecule has 160 valence electrons. The van der Waals surface area contributed by atoms with E-state index in [1.807, 2.05) is 13.0 Å². The van der Waals surface area contributed by atoms with Crippen molar-refractivity contribution in [3.63, 3.8) is 0 Å². The van der Waals surface area contributed by atoms with Crippen molar-refractivity contribution < 1.29 is 23.5 Å². The fraction of sp³-hybridized carbons (Fsp3) is 0.238. The normalized spacial score (nSPS) is 10.2. The second-order valence-corrected chi connectivity index (χ2v) is 7.11. The second kappa shape index (κ2) is 10.3. The molecule has 10 heteroatoms. The van der Waals surface area contributed by atoms with Gasteiger partial charge in [0.2, 0.25) is 5.91 Å². The van der Waals surface area contributed by atoms with Gasteiger partial charge in [-0.05, 0) is 31.2 Å². The third-order valence-corrected chi connectivity index (χ3v) is 4.67. The number of thiazole rings is 1. The summed E-state index contributed by atoms with van der Waals surface area (Å²) in [6.45, 7) is 3.69. The number of nitrogens with one attached hydrogen (secondary N) is 2.